The number of anilines is 1. The van der Waals surface area contributed by atoms with Gasteiger partial charge in [-0.25, -0.2) is 0 Å². The fourth-order valence-corrected chi connectivity index (χ4v) is 3.62. The van der Waals surface area contributed by atoms with E-state index in [0.29, 0.717) is 10.6 Å². The van der Waals surface area contributed by atoms with Gasteiger partial charge in [0.05, 0.1) is 4.91 Å². The summed E-state index contributed by atoms with van der Waals surface area (Å²) >= 11 is 4.17. The van der Waals surface area contributed by atoms with Crippen LogP contribution in [0.2, 0.25) is 0 Å². The van der Waals surface area contributed by atoms with E-state index in [1.54, 1.807) is 30.3 Å². The van der Waals surface area contributed by atoms with Gasteiger partial charge in [-0.15, -0.1) is 0 Å². The second kappa shape index (κ2) is 8.54. The normalized spacial score (nSPS) is 15.5. The number of carbonyl (C=O) groups excluding carboxylic acids is 3. The van der Waals surface area contributed by atoms with Gasteiger partial charge >= 0.3 is 0 Å². The molecule has 0 spiro atoms. The van der Waals surface area contributed by atoms with Gasteiger partial charge in [0.25, 0.3) is 11.1 Å². The lowest BCUT2D eigenvalue weighted by molar-refractivity contribution is -0.127. The number of carbonyl (C=O) groups is 3. The summed E-state index contributed by atoms with van der Waals surface area (Å²) in [5, 5.41) is 2.24. The first kappa shape index (κ1) is 19.4. The van der Waals surface area contributed by atoms with Crippen molar-refractivity contribution in [1.29, 1.82) is 0 Å². The molecule has 1 N–H and O–H groups in total. The number of aryl methyl sites for hydroxylation is 1. The molecule has 0 radical (unpaired) electrons. The van der Waals surface area contributed by atoms with E-state index in [1.165, 1.54) is 5.56 Å². The van der Waals surface area contributed by atoms with E-state index in [-0.39, 0.29) is 6.54 Å². The zero-order valence-electron chi connectivity index (χ0n) is 14.6. The highest BCUT2D eigenvalue weighted by Gasteiger charge is 2.36. The van der Waals surface area contributed by atoms with Crippen LogP contribution in [-0.4, -0.2) is 28.5 Å². The molecule has 0 aromatic heterocycles. The molecule has 1 heterocycles. The molecule has 0 bridgehead atoms. The standard InChI is InChI=1S/C20H17BrN2O3S/c1-2-13-3-5-14(6-4-13)11-17-19(25)23(20(26)27-17)12-18(24)22-16-9-7-15(21)8-10-16/h3-11H,2,12H2,1H3,(H,22,24)/b17-11-. The third-order valence-corrected chi connectivity index (χ3v) is 5.43. The smallest absolute Gasteiger partial charge is 0.294 e. The lowest BCUT2D eigenvalue weighted by Gasteiger charge is -2.12. The number of thioether (sulfide) groups is 1. The molecule has 0 aliphatic carbocycles. The first-order valence-electron chi connectivity index (χ1n) is 8.36. The van der Waals surface area contributed by atoms with Crippen molar-refractivity contribution in [3.8, 4) is 0 Å². The van der Waals surface area contributed by atoms with Crippen molar-refractivity contribution in [1.82, 2.24) is 4.90 Å². The maximum atomic E-state index is 12.5. The van der Waals surface area contributed by atoms with Gasteiger partial charge in [-0.05, 0) is 59.7 Å². The molecule has 1 fully saturated rings. The first-order valence-corrected chi connectivity index (χ1v) is 9.97. The lowest BCUT2D eigenvalue weighted by atomic mass is 10.1. The van der Waals surface area contributed by atoms with Crippen molar-refractivity contribution in [3.63, 3.8) is 0 Å². The predicted octanol–water partition coefficient (Wildman–Crippen LogP) is 4.69. The summed E-state index contributed by atoms with van der Waals surface area (Å²) in [7, 11) is 0. The average Bonchev–Trinajstić information content (AvgIpc) is 2.91. The van der Waals surface area contributed by atoms with Gasteiger partial charge in [-0.2, -0.15) is 0 Å². The molecule has 27 heavy (non-hydrogen) atoms. The molecule has 1 aliphatic rings. The quantitative estimate of drug-likeness (QED) is 0.679. The Kier molecular flexibility index (Phi) is 6.13. The summed E-state index contributed by atoms with van der Waals surface area (Å²) in [6, 6.07) is 14.8. The monoisotopic (exact) mass is 444 g/mol. The van der Waals surface area contributed by atoms with Crippen LogP contribution in [0.5, 0.6) is 0 Å². The molecule has 3 rings (SSSR count). The van der Waals surface area contributed by atoms with Crippen LogP contribution in [-0.2, 0) is 16.0 Å². The summed E-state index contributed by atoms with van der Waals surface area (Å²) in [5.74, 6) is -0.872. The number of hydrogen-bond donors (Lipinski definition) is 1. The highest BCUT2D eigenvalue weighted by molar-refractivity contribution is 9.10. The van der Waals surface area contributed by atoms with Crippen LogP contribution in [0.15, 0.2) is 57.9 Å². The number of hydrogen-bond acceptors (Lipinski definition) is 4. The number of amides is 3. The summed E-state index contributed by atoms with van der Waals surface area (Å²) in [4.78, 5) is 38.1. The van der Waals surface area contributed by atoms with Crippen LogP contribution in [0, 0.1) is 0 Å². The second-order valence-corrected chi connectivity index (χ2v) is 7.83. The Morgan fingerprint density at radius 3 is 2.41 bits per heavy atom. The van der Waals surface area contributed by atoms with E-state index < -0.39 is 17.1 Å². The Morgan fingerprint density at radius 2 is 1.78 bits per heavy atom. The highest BCUT2D eigenvalue weighted by atomic mass is 79.9. The Bertz CT molecular complexity index is 908. The Hall–Kier alpha value is -2.38. The summed E-state index contributed by atoms with van der Waals surface area (Å²) in [5.41, 5.74) is 2.64. The minimum atomic E-state index is -0.449. The minimum Gasteiger partial charge on any atom is -0.325 e. The molecule has 3 amide bonds. The second-order valence-electron chi connectivity index (χ2n) is 5.92. The van der Waals surface area contributed by atoms with Gasteiger partial charge in [-0.3, -0.25) is 19.3 Å². The number of benzene rings is 2. The number of halogens is 1. The van der Waals surface area contributed by atoms with Crippen LogP contribution < -0.4 is 5.32 Å². The van der Waals surface area contributed by atoms with Gasteiger partial charge in [0.15, 0.2) is 0 Å². The molecule has 1 saturated heterocycles. The predicted molar refractivity (Wildman–Crippen MR) is 111 cm³/mol. The molecular weight excluding hydrogens is 428 g/mol. The zero-order chi connectivity index (χ0) is 19.4. The van der Waals surface area contributed by atoms with E-state index >= 15 is 0 Å². The zero-order valence-corrected chi connectivity index (χ0v) is 17.0. The molecule has 2 aromatic rings. The Balaban J connectivity index is 1.67. The number of nitrogens with zero attached hydrogens (tertiary/aromatic N) is 1. The van der Waals surface area contributed by atoms with Crippen molar-refractivity contribution in [2.75, 3.05) is 11.9 Å². The SMILES string of the molecule is CCc1ccc(/C=C2\SC(=O)N(CC(=O)Nc3ccc(Br)cc3)C2=O)cc1. The third-order valence-electron chi connectivity index (χ3n) is 3.99. The van der Waals surface area contributed by atoms with Gasteiger partial charge in [0.2, 0.25) is 5.91 Å². The van der Waals surface area contributed by atoms with E-state index in [9.17, 15) is 14.4 Å². The van der Waals surface area contributed by atoms with Crippen LogP contribution in [0.3, 0.4) is 0 Å². The molecule has 0 atom stereocenters. The van der Waals surface area contributed by atoms with E-state index in [0.717, 1.165) is 33.1 Å². The van der Waals surface area contributed by atoms with Crippen LogP contribution in [0.1, 0.15) is 18.1 Å². The fourth-order valence-electron chi connectivity index (χ4n) is 2.51. The molecule has 2 aromatic carbocycles. The summed E-state index contributed by atoms with van der Waals surface area (Å²) in [6.45, 7) is 1.76. The van der Waals surface area contributed by atoms with E-state index in [2.05, 4.69) is 28.2 Å². The number of rotatable bonds is 5. The molecule has 138 valence electrons. The van der Waals surface area contributed by atoms with Crippen molar-refractivity contribution in [3.05, 3.63) is 69.0 Å². The van der Waals surface area contributed by atoms with Crippen LogP contribution in [0.25, 0.3) is 6.08 Å². The third kappa shape index (κ3) is 4.87. The molecular formula is C20H17BrN2O3S. The summed E-state index contributed by atoms with van der Waals surface area (Å²) < 4.78 is 0.892. The van der Waals surface area contributed by atoms with Crippen LogP contribution in [0.4, 0.5) is 10.5 Å². The van der Waals surface area contributed by atoms with Crippen molar-refractivity contribution in [2.45, 2.75) is 13.3 Å². The van der Waals surface area contributed by atoms with Gasteiger partial charge in [-0.1, -0.05) is 47.1 Å². The first-order chi connectivity index (χ1) is 13.0. The largest absolute Gasteiger partial charge is 0.325 e. The maximum absolute atomic E-state index is 12.5. The van der Waals surface area contributed by atoms with Crippen LogP contribution >= 0.6 is 27.7 Å². The Labute approximate surface area is 169 Å². The van der Waals surface area contributed by atoms with E-state index in [1.807, 2.05) is 24.3 Å². The highest BCUT2D eigenvalue weighted by Crippen LogP contribution is 2.32. The molecule has 0 saturated carbocycles. The summed E-state index contributed by atoms with van der Waals surface area (Å²) in [6.07, 6.45) is 2.61. The molecule has 1 aliphatic heterocycles. The topological polar surface area (TPSA) is 66.5 Å². The minimum absolute atomic E-state index is 0.313. The number of nitrogens with one attached hydrogen (secondary N) is 1. The van der Waals surface area contributed by atoms with Crippen molar-refractivity contribution in [2.24, 2.45) is 0 Å². The lowest BCUT2D eigenvalue weighted by Crippen LogP contribution is -2.36. The number of imide groups is 1. The van der Waals surface area contributed by atoms with Gasteiger partial charge < -0.3 is 5.32 Å². The van der Waals surface area contributed by atoms with Gasteiger partial charge in [0.1, 0.15) is 6.54 Å². The molecule has 5 nitrogen and oxygen atoms in total. The average molecular weight is 445 g/mol. The van der Waals surface area contributed by atoms with Gasteiger partial charge in [0, 0.05) is 10.2 Å². The molecule has 7 heteroatoms. The fraction of sp³-hybridized carbons (Fsp3) is 0.150. The maximum Gasteiger partial charge on any atom is 0.294 e. The van der Waals surface area contributed by atoms with Crippen molar-refractivity contribution < 1.29 is 14.4 Å². The van der Waals surface area contributed by atoms with E-state index in [4.69, 9.17) is 0 Å². The van der Waals surface area contributed by atoms with Crippen molar-refractivity contribution >= 4 is 56.5 Å². The Morgan fingerprint density at radius 1 is 1.11 bits per heavy atom. The molecule has 0 unspecified atom stereocenters.